The quantitative estimate of drug-likeness (QED) is 0.281. The van der Waals surface area contributed by atoms with Gasteiger partial charge in [0.05, 0.1) is 52.2 Å². The highest BCUT2D eigenvalue weighted by molar-refractivity contribution is 5.97. The molecule has 1 amide bonds. The Labute approximate surface area is 221 Å². The summed E-state index contributed by atoms with van der Waals surface area (Å²) in [5, 5.41) is 10.4. The molecule has 11 heteroatoms. The van der Waals surface area contributed by atoms with Gasteiger partial charge in [0.2, 0.25) is 5.91 Å². The Morgan fingerprint density at radius 2 is 1.97 bits per heavy atom. The molecule has 1 fully saturated rings. The van der Waals surface area contributed by atoms with Gasteiger partial charge in [-0.25, -0.2) is 14.4 Å². The number of anilines is 1. The van der Waals surface area contributed by atoms with E-state index < -0.39 is 5.82 Å². The third-order valence-electron chi connectivity index (χ3n) is 7.26. The fraction of sp³-hybridized carbons (Fsp3) is 0.214. The predicted molar refractivity (Wildman–Crippen MR) is 145 cm³/mol. The van der Waals surface area contributed by atoms with Gasteiger partial charge in [-0.3, -0.25) is 19.9 Å². The zero-order chi connectivity index (χ0) is 26.5. The number of aromatic amines is 2. The molecule has 1 aliphatic carbocycles. The second-order valence-electron chi connectivity index (χ2n) is 9.90. The van der Waals surface area contributed by atoms with Crippen molar-refractivity contribution in [1.82, 2.24) is 39.7 Å². The van der Waals surface area contributed by atoms with Crippen molar-refractivity contribution >= 4 is 33.5 Å². The van der Waals surface area contributed by atoms with Crippen LogP contribution < -0.4 is 5.32 Å². The van der Waals surface area contributed by atoms with E-state index in [4.69, 9.17) is 4.98 Å². The highest BCUT2D eigenvalue weighted by Crippen LogP contribution is 2.34. The van der Waals surface area contributed by atoms with E-state index in [2.05, 4.69) is 35.5 Å². The number of H-pyrrole nitrogens is 2. The van der Waals surface area contributed by atoms with Crippen molar-refractivity contribution in [3.05, 3.63) is 66.9 Å². The summed E-state index contributed by atoms with van der Waals surface area (Å²) in [5.41, 5.74) is 5.09. The summed E-state index contributed by atoms with van der Waals surface area (Å²) >= 11 is 0. The van der Waals surface area contributed by atoms with Gasteiger partial charge >= 0.3 is 0 Å². The number of carbonyl (C=O) groups is 1. The number of pyridine rings is 2. The maximum atomic E-state index is 16.1. The first kappa shape index (κ1) is 23.2. The lowest BCUT2D eigenvalue weighted by atomic mass is 10.1. The molecule has 3 N–H and O–H groups in total. The number of rotatable bonds is 5. The number of fused-ring (bicyclic) bond motifs is 2. The SMILES string of the molecule is Cc1cn(-c2cccc3[nH]c(-c4n[nH]c5cnc(-c6cncc(NC(=O)C7CCCC7)c6)c(F)c45)nc23)cn1. The van der Waals surface area contributed by atoms with Gasteiger partial charge in [-0.05, 0) is 38.0 Å². The van der Waals surface area contributed by atoms with E-state index in [9.17, 15) is 4.79 Å². The van der Waals surface area contributed by atoms with Gasteiger partial charge in [0.25, 0.3) is 0 Å². The smallest absolute Gasteiger partial charge is 0.227 e. The van der Waals surface area contributed by atoms with E-state index in [1.54, 1.807) is 18.6 Å². The number of carbonyl (C=O) groups excluding carboxylic acids is 1. The first-order chi connectivity index (χ1) is 19.0. The van der Waals surface area contributed by atoms with Crippen molar-refractivity contribution in [2.24, 2.45) is 5.92 Å². The normalized spacial score (nSPS) is 14.0. The van der Waals surface area contributed by atoms with Gasteiger partial charge in [-0.2, -0.15) is 5.10 Å². The molecule has 5 heterocycles. The summed E-state index contributed by atoms with van der Waals surface area (Å²) in [7, 11) is 0. The highest BCUT2D eigenvalue weighted by atomic mass is 19.1. The van der Waals surface area contributed by atoms with Crippen LogP contribution in [0.25, 0.3) is 50.4 Å². The van der Waals surface area contributed by atoms with Crippen LogP contribution in [0.2, 0.25) is 0 Å². The molecule has 0 spiro atoms. The number of aromatic nitrogens is 8. The molecule has 1 aliphatic rings. The molecule has 0 saturated heterocycles. The molecule has 5 aromatic heterocycles. The number of imidazole rings is 2. The molecule has 1 aromatic carbocycles. The lowest BCUT2D eigenvalue weighted by Gasteiger charge is -2.11. The fourth-order valence-electron chi connectivity index (χ4n) is 5.31. The summed E-state index contributed by atoms with van der Waals surface area (Å²) in [6.07, 6.45) is 12.2. The lowest BCUT2D eigenvalue weighted by Crippen LogP contribution is -2.20. The Hall–Kier alpha value is -4.93. The molecular weight excluding hydrogens is 497 g/mol. The van der Waals surface area contributed by atoms with E-state index in [1.807, 2.05) is 35.9 Å². The number of nitrogens with one attached hydrogen (secondary N) is 3. The minimum absolute atomic E-state index is 0.00970. The maximum absolute atomic E-state index is 16.1. The zero-order valence-corrected chi connectivity index (χ0v) is 21.1. The number of para-hydroxylation sites is 1. The van der Waals surface area contributed by atoms with Gasteiger partial charge < -0.3 is 14.9 Å². The number of amides is 1. The monoisotopic (exact) mass is 521 g/mol. The third-order valence-corrected chi connectivity index (χ3v) is 7.26. The topological polar surface area (TPSA) is 130 Å². The van der Waals surface area contributed by atoms with Gasteiger partial charge in [-0.1, -0.05) is 18.9 Å². The van der Waals surface area contributed by atoms with Crippen LogP contribution in [0.4, 0.5) is 10.1 Å². The van der Waals surface area contributed by atoms with Crippen molar-refractivity contribution in [2.45, 2.75) is 32.6 Å². The minimum atomic E-state index is -0.553. The summed E-state index contributed by atoms with van der Waals surface area (Å²) < 4.78 is 18.0. The van der Waals surface area contributed by atoms with Crippen LogP contribution in [0.5, 0.6) is 0 Å². The molecule has 1 saturated carbocycles. The molecule has 0 bridgehead atoms. The minimum Gasteiger partial charge on any atom is -0.336 e. The van der Waals surface area contributed by atoms with Gasteiger partial charge in [0.15, 0.2) is 11.6 Å². The molecule has 39 heavy (non-hydrogen) atoms. The van der Waals surface area contributed by atoms with E-state index in [1.165, 1.54) is 12.4 Å². The first-order valence-corrected chi connectivity index (χ1v) is 12.8. The number of hydrogen-bond donors (Lipinski definition) is 3. The number of halogens is 1. The van der Waals surface area contributed by atoms with Crippen molar-refractivity contribution in [3.63, 3.8) is 0 Å². The van der Waals surface area contributed by atoms with Crippen LogP contribution in [-0.2, 0) is 4.79 Å². The molecule has 0 unspecified atom stereocenters. The van der Waals surface area contributed by atoms with Crippen LogP contribution >= 0.6 is 0 Å². The largest absolute Gasteiger partial charge is 0.336 e. The maximum Gasteiger partial charge on any atom is 0.227 e. The number of hydrogen-bond acceptors (Lipinski definition) is 6. The molecule has 6 aromatic rings. The molecule has 0 aliphatic heterocycles. The van der Waals surface area contributed by atoms with Crippen LogP contribution in [0.15, 0.2) is 55.4 Å². The molecule has 10 nitrogen and oxygen atoms in total. The van der Waals surface area contributed by atoms with Gasteiger partial charge in [0.1, 0.15) is 16.9 Å². The van der Waals surface area contributed by atoms with Crippen LogP contribution in [0, 0.1) is 18.7 Å². The average Bonchev–Trinajstić information content (AvgIpc) is 3.75. The molecule has 7 rings (SSSR count). The summed E-state index contributed by atoms with van der Waals surface area (Å²) in [6, 6.07) is 7.47. The number of benzene rings is 1. The van der Waals surface area contributed by atoms with E-state index in [-0.39, 0.29) is 22.9 Å². The van der Waals surface area contributed by atoms with Gasteiger partial charge in [-0.15, -0.1) is 0 Å². The number of nitrogens with zero attached hydrogens (tertiary/aromatic N) is 6. The van der Waals surface area contributed by atoms with Crippen molar-refractivity contribution in [2.75, 3.05) is 5.32 Å². The third kappa shape index (κ3) is 4.02. The standard InChI is InChI=1S/C28H24FN9O/c1-15-13-38(14-32-15)21-8-4-7-19-25(21)35-27(34-19)26-22-20(36-37-26)12-31-24(23(22)29)17-9-18(11-30-10-17)33-28(39)16-5-2-3-6-16/h4,7-14,16H,2-3,5-6H2,1H3,(H,33,39)(H,34,35)(H,36,37). The Bertz CT molecular complexity index is 1860. The Balaban J connectivity index is 1.28. The second kappa shape index (κ2) is 9.12. The van der Waals surface area contributed by atoms with E-state index >= 15 is 4.39 Å². The molecular formula is C28H24FN9O. The molecule has 194 valence electrons. The first-order valence-electron chi connectivity index (χ1n) is 12.8. The second-order valence-corrected chi connectivity index (χ2v) is 9.90. The van der Waals surface area contributed by atoms with Crippen molar-refractivity contribution in [1.29, 1.82) is 0 Å². The van der Waals surface area contributed by atoms with Gasteiger partial charge in [0, 0.05) is 23.9 Å². The summed E-state index contributed by atoms with van der Waals surface area (Å²) in [4.78, 5) is 33.5. The summed E-state index contributed by atoms with van der Waals surface area (Å²) in [5.74, 6) is -0.145. The Morgan fingerprint density at radius 3 is 2.79 bits per heavy atom. The van der Waals surface area contributed by atoms with Crippen LogP contribution in [0.3, 0.4) is 0 Å². The van der Waals surface area contributed by atoms with Crippen LogP contribution in [0.1, 0.15) is 31.4 Å². The predicted octanol–water partition coefficient (Wildman–Crippen LogP) is 5.33. The highest BCUT2D eigenvalue weighted by Gasteiger charge is 2.24. The van der Waals surface area contributed by atoms with Crippen molar-refractivity contribution < 1.29 is 9.18 Å². The molecule has 0 radical (unpaired) electrons. The number of aryl methyl sites for hydroxylation is 1. The molecule has 0 atom stereocenters. The summed E-state index contributed by atoms with van der Waals surface area (Å²) in [6.45, 7) is 1.92. The Morgan fingerprint density at radius 1 is 1.10 bits per heavy atom. The van der Waals surface area contributed by atoms with Crippen molar-refractivity contribution in [3.8, 4) is 28.5 Å². The average molecular weight is 522 g/mol. The fourth-order valence-corrected chi connectivity index (χ4v) is 5.31. The Kier molecular flexibility index (Phi) is 5.43. The van der Waals surface area contributed by atoms with E-state index in [0.717, 1.165) is 42.6 Å². The van der Waals surface area contributed by atoms with Crippen LogP contribution in [-0.4, -0.2) is 45.6 Å². The lowest BCUT2D eigenvalue weighted by molar-refractivity contribution is -0.119. The zero-order valence-electron chi connectivity index (χ0n) is 21.1. The van der Waals surface area contributed by atoms with E-state index in [0.29, 0.717) is 33.8 Å².